The van der Waals surface area contributed by atoms with Gasteiger partial charge >= 0.3 is 0 Å². The van der Waals surface area contributed by atoms with Crippen LogP contribution in [0.15, 0.2) is 22.7 Å². The lowest BCUT2D eigenvalue weighted by Gasteiger charge is -2.33. The molecular weight excluding hydrogens is 308 g/mol. The van der Waals surface area contributed by atoms with Gasteiger partial charge in [0.25, 0.3) is 5.91 Å². The van der Waals surface area contributed by atoms with Crippen LogP contribution >= 0.6 is 15.9 Å². The summed E-state index contributed by atoms with van der Waals surface area (Å²) in [5.74, 6) is -0.00513. The average Bonchev–Trinajstić information content (AvgIpc) is 2.37. The van der Waals surface area contributed by atoms with Gasteiger partial charge in [-0.3, -0.25) is 4.79 Å². The van der Waals surface area contributed by atoms with Gasteiger partial charge < -0.3 is 16.2 Å². The predicted molar refractivity (Wildman–Crippen MR) is 78.2 cm³/mol. The summed E-state index contributed by atoms with van der Waals surface area (Å²) in [7, 11) is 0. The van der Waals surface area contributed by atoms with Crippen molar-refractivity contribution in [1.29, 1.82) is 0 Å². The van der Waals surface area contributed by atoms with Crippen LogP contribution in [0.2, 0.25) is 0 Å². The van der Waals surface area contributed by atoms with Crippen molar-refractivity contribution in [3.05, 3.63) is 28.2 Å². The Kier molecular flexibility index (Phi) is 4.47. The monoisotopic (exact) mass is 326 g/mol. The van der Waals surface area contributed by atoms with Gasteiger partial charge in [0, 0.05) is 4.47 Å². The molecule has 5 heteroatoms. The zero-order chi connectivity index (χ0) is 13.9. The Morgan fingerprint density at radius 2 is 2.00 bits per heavy atom. The summed E-state index contributed by atoms with van der Waals surface area (Å²) in [6.07, 6.45) is 5.45. The van der Waals surface area contributed by atoms with Gasteiger partial charge in [0.15, 0.2) is 0 Å². The summed E-state index contributed by atoms with van der Waals surface area (Å²) in [6, 6.07) is 5.33. The summed E-state index contributed by atoms with van der Waals surface area (Å²) in [5, 5.41) is 0. The maximum Gasteiger partial charge on any atom is 0.253 e. The maximum absolute atomic E-state index is 11.5. The van der Waals surface area contributed by atoms with E-state index in [-0.39, 0.29) is 5.54 Å². The molecule has 0 radical (unpaired) electrons. The number of carbonyl (C=O) groups is 1. The highest BCUT2D eigenvalue weighted by Gasteiger charge is 2.28. The van der Waals surface area contributed by atoms with Crippen molar-refractivity contribution in [1.82, 2.24) is 0 Å². The van der Waals surface area contributed by atoms with Crippen molar-refractivity contribution >= 4 is 21.8 Å². The molecular formula is C14H19BrN2O2. The summed E-state index contributed by atoms with van der Waals surface area (Å²) in [6.45, 7) is 0.420. The number of primary amides is 1. The van der Waals surface area contributed by atoms with E-state index in [0.29, 0.717) is 22.4 Å². The highest BCUT2D eigenvalue weighted by Crippen LogP contribution is 2.30. The van der Waals surface area contributed by atoms with Crippen LogP contribution in [-0.2, 0) is 0 Å². The molecule has 0 spiro atoms. The Balaban J connectivity index is 2.11. The van der Waals surface area contributed by atoms with E-state index in [4.69, 9.17) is 16.2 Å². The Morgan fingerprint density at radius 3 is 2.63 bits per heavy atom. The molecule has 104 valence electrons. The van der Waals surface area contributed by atoms with Crippen LogP contribution < -0.4 is 16.2 Å². The lowest BCUT2D eigenvalue weighted by molar-refractivity contribution is 0.0992. The number of carbonyl (C=O) groups excluding carboxylic acids is 1. The summed E-state index contributed by atoms with van der Waals surface area (Å²) >= 11 is 3.32. The fraction of sp³-hybridized carbons (Fsp3) is 0.500. The van der Waals surface area contributed by atoms with Gasteiger partial charge in [0.2, 0.25) is 0 Å². The van der Waals surface area contributed by atoms with Crippen molar-refractivity contribution in [3.63, 3.8) is 0 Å². The first-order valence-electron chi connectivity index (χ1n) is 6.52. The van der Waals surface area contributed by atoms with E-state index in [1.54, 1.807) is 12.1 Å². The van der Waals surface area contributed by atoms with E-state index in [2.05, 4.69) is 15.9 Å². The number of rotatable bonds is 4. The number of halogens is 1. The number of benzene rings is 1. The van der Waals surface area contributed by atoms with Crippen molar-refractivity contribution in [2.45, 2.75) is 37.6 Å². The van der Waals surface area contributed by atoms with Gasteiger partial charge in [-0.25, -0.2) is 0 Å². The third kappa shape index (κ3) is 3.48. The highest BCUT2D eigenvalue weighted by molar-refractivity contribution is 9.10. The van der Waals surface area contributed by atoms with Gasteiger partial charge in [-0.15, -0.1) is 0 Å². The maximum atomic E-state index is 11.5. The van der Waals surface area contributed by atoms with Crippen LogP contribution in [0, 0.1) is 0 Å². The topological polar surface area (TPSA) is 78.3 Å². The second-order valence-electron chi connectivity index (χ2n) is 5.19. The molecule has 1 aromatic carbocycles. The SMILES string of the molecule is NC(=O)c1c(Br)cccc1OCC1(N)CCCCC1. The van der Waals surface area contributed by atoms with Crippen LogP contribution in [0.3, 0.4) is 0 Å². The summed E-state index contributed by atoms with van der Waals surface area (Å²) in [5.41, 5.74) is 11.8. The Labute approximate surface area is 121 Å². The predicted octanol–water partition coefficient (Wildman–Crippen LogP) is 2.59. The molecule has 1 aliphatic rings. The molecule has 0 unspecified atom stereocenters. The molecule has 0 saturated heterocycles. The first-order chi connectivity index (χ1) is 9.02. The van der Waals surface area contributed by atoms with Crippen LogP contribution in [0.25, 0.3) is 0 Å². The lowest BCUT2D eigenvalue weighted by Crippen LogP contribution is -2.47. The van der Waals surface area contributed by atoms with Crippen molar-refractivity contribution in [2.75, 3.05) is 6.61 Å². The summed E-state index contributed by atoms with van der Waals surface area (Å²) < 4.78 is 6.41. The fourth-order valence-corrected chi connectivity index (χ4v) is 3.03. The molecule has 1 aromatic rings. The molecule has 0 aromatic heterocycles. The van der Waals surface area contributed by atoms with Gasteiger partial charge in [-0.2, -0.15) is 0 Å². The molecule has 1 amide bonds. The third-order valence-corrected chi connectivity index (χ3v) is 4.25. The van der Waals surface area contributed by atoms with Crippen LogP contribution in [0.5, 0.6) is 5.75 Å². The summed E-state index contributed by atoms with van der Waals surface area (Å²) in [4.78, 5) is 11.5. The van der Waals surface area contributed by atoms with E-state index in [1.165, 1.54) is 6.42 Å². The van der Waals surface area contributed by atoms with E-state index < -0.39 is 5.91 Å². The average molecular weight is 327 g/mol. The fourth-order valence-electron chi connectivity index (χ4n) is 2.49. The molecule has 2 rings (SSSR count). The first kappa shape index (κ1) is 14.3. The molecule has 1 fully saturated rings. The second kappa shape index (κ2) is 5.92. The standard InChI is InChI=1S/C14H19BrN2O2/c15-10-5-4-6-11(12(10)13(16)18)19-9-14(17)7-2-1-3-8-14/h4-6H,1-3,7-9,17H2,(H2,16,18). The molecule has 0 atom stereocenters. The van der Waals surface area contributed by atoms with Gasteiger partial charge in [-0.05, 0) is 40.9 Å². The Morgan fingerprint density at radius 1 is 1.32 bits per heavy atom. The quantitative estimate of drug-likeness (QED) is 0.892. The Hall–Kier alpha value is -1.07. The van der Waals surface area contributed by atoms with E-state index in [9.17, 15) is 4.79 Å². The van der Waals surface area contributed by atoms with Crippen LogP contribution in [-0.4, -0.2) is 18.1 Å². The minimum atomic E-state index is -0.503. The minimum Gasteiger partial charge on any atom is -0.491 e. The van der Waals surface area contributed by atoms with E-state index in [0.717, 1.165) is 25.7 Å². The number of ether oxygens (including phenoxy) is 1. The van der Waals surface area contributed by atoms with Gasteiger partial charge in [0.05, 0.1) is 11.1 Å². The molecule has 0 aliphatic heterocycles. The van der Waals surface area contributed by atoms with Gasteiger partial charge in [-0.1, -0.05) is 25.3 Å². The number of nitrogens with two attached hydrogens (primary N) is 2. The second-order valence-corrected chi connectivity index (χ2v) is 6.04. The van der Waals surface area contributed by atoms with E-state index in [1.807, 2.05) is 6.07 Å². The van der Waals surface area contributed by atoms with Gasteiger partial charge in [0.1, 0.15) is 12.4 Å². The number of hydrogen-bond acceptors (Lipinski definition) is 3. The Bertz CT molecular complexity index is 471. The van der Waals surface area contributed by atoms with Crippen LogP contribution in [0.4, 0.5) is 0 Å². The highest BCUT2D eigenvalue weighted by atomic mass is 79.9. The molecule has 19 heavy (non-hydrogen) atoms. The molecule has 0 bridgehead atoms. The minimum absolute atomic E-state index is 0.282. The smallest absolute Gasteiger partial charge is 0.253 e. The molecule has 1 saturated carbocycles. The van der Waals surface area contributed by atoms with Crippen molar-refractivity contribution < 1.29 is 9.53 Å². The lowest BCUT2D eigenvalue weighted by atomic mass is 9.83. The zero-order valence-electron chi connectivity index (χ0n) is 10.8. The third-order valence-electron chi connectivity index (χ3n) is 3.59. The number of hydrogen-bond donors (Lipinski definition) is 2. The first-order valence-corrected chi connectivity index (χ1v) is 7.31. The van der Waals surface area contributed by atoms with Crippen molar-refractivity contribution in [2.24, 2.45) is 11.5 Å². The van der Waals surface area contributed by atoms with E-state index >= 15 is 0 Å². The normalized spacial score (nSPS) is 18.0. The molecule has 4 N–H and O–H groups in total. The van der Waals surface area contributed by atoms with Crippen LogP contribution in [0.1, 0.15) is 42.5 Å². The largest absolute Gasteiger partial charge is 0.491 e. The number of amides is 1. The molecule has 0 heterocycles. The van der Waals surface area contributed by atoms with Crippen molar-refractivity contribution in [3.8, 4) is 5.75 Å². The molecule has 4 nitrogen and oxygen atoms in total. The zero-order valence-corrected chi connectivity index (χ0v) is 12.4. The molecule has 1 aliphatic carbocycles.